The van der Waals surface area contributed by atoms with Crippen LogP contribution in [0.3, 0.4) is 0 Å². The van der Waals surface area contributed by atoms with Crippen LogP contribution in [0, 0.1) is 0 Å². The fourth-order valence-corrected chi connectivity index (χ4v) is 4.68. The molecule has 1 aromatic carbocycles. The first-order chi connectivity index (χ1) is 17.1. The molecule has 12 heteroatoms. The van der Waals surface area contributed by atoms with E-state index in [9.17, 15) is 22.8 Å². The largest absolute Gasteiger partial charge is 0.433 e. The number of alkyl halides is 3. The van der Waals surface area contributed by atoms with Crippen LogP contribution in [0.5, 0.6) is 0 Å². The first-order valence-electron chi connectivity index (χ1n) is 11.6. The Morgan fingerprint density at radius 1 is 1.14 bits per heavy atom. The Balaban J connectivity index is 1.38. The van der Waals surface area contributed by atoms with Gasteiger partial charge in [0, 0.05) is 54.4 Å². The highest BCUT2D eigenvalue weighted by Gasteiger charge is 2.35. The zero-order valence-corrected chi connectivity index (χ0v) is 20.1. The minimum absolute atomic E-state index is 0.147. The zero-order valence-electron chi connectivity index (χ0n) is 19.3. The molecule has 1 saturated heterocycles. The van der Waals surface area contributed by atoms with Crippen molar-refractivity contribution in [3.05, 3.63) is 52.9 Å². The number of amides is 2. The second kappa shape index (κ2) is 9.27. The van der Waals surface area contributed by atoms with Gasteiger partial charge in [0.2, 0.25) is 5.91 Å². The first kappa shape index (κ1) is 24.4. The summed E-state index contributed by atoms with van der Waals surface area (Å²) in [5.41, 5.74) is -0.248. The predicted molar refractivity (Wildman–Crippen MR) is 128 cm³/mol. The Kier molecular flexibility index (Phi) is 6.27. The molecule has 3 aromatic rings. The summed E-state index contributed by atoms with van der Waals surface area (Å²) in [4.78, 5) is 30.4. The second-order valence-corrected chi connectivity index (χ2v) is 9.76. The van der Waals surface area contributed by atoms with Gasteiger partial charge in [-0.25, -0.2) is 4.98 Å². The Hall–Kier alpha value is -3.34. The number of piperidine rings is 1. The van der Waals surface area contributed by atoms with Gasteiger partial charge >= 0.3 is 6.18 Å². The van der Waals surface area contributed by atoms with Gasteiger partial charge in [-0.05, 0) is 43.5 Å². The Morgan fingerprint density at radius 2 is 1.89 bits per heavy atom. The summed E-state index contributed by atoms with van der Waals surface area (Å²) >= 11 is 6.11. The maximum atomic E-state index is 13.5. The second-order valence-electron chi connectivity index (χ2n) is 9.33. The lowest BCUT2D eigenvalue weighted by Crippen LogP contribution is -2.55. The fourth-order valence-electron chi connectivity index (χ4n) is 4.51. The molecule has 190 valence electrons. The molecular formula is C24H24ClF3N6O2. The van der Waals surface area contributed by atoms with Crippen molar-refractivity contribution in [2.24, 2.45) is 0 Å². The van der Waals surface area contributed by atoms with Gasteiger partial charge in [-0.2, -0.15) is 18.3 Å². The number of nitrogens with zero attached hydrogens (tertiary/aromatic N) is 4. The van der Waals surface area contributed by atoms with Gasteiger partial charge in [-0.3, -0.25) is 14.3 Å². The summed E-state index contributed by atoms with van der Waals surface area (Å²) in [7, 11) is 0. The molecule has 1 aliphatic heterocycles. The summed E-state index contributed by atoms with van der Waals surface area (Å²) in [6, 6.07) is 4.93. The quantitative estimate of drug-likeness (QED) is 0.524. The van der Waals surface area contributed by atoms with Crippen LogP contribution >= 0.6 is 11.6 Å². The average Bonchev–Trinajstić information content (AvgIpc) is 3.54. The molecule has 0 spiro atoms. The maximum absolute atomic E-state index is 13.5. The molecule has 2 amide bonds. The molecule has 1 aliphatic carbocycles. The van der Waals surface area contributed by atoms with Crippen molar-refractivity contribution in [1.29, 1.82) is 0 Å². The Bertz CT molecular complexity index is 1320. The van der Waals surface area contributed by atoms with Crippen molar-refractivity contribution in [3.8, 4) is 0 Å². The number of hydrogen-bond acceptors (Lipinski definition) is 5. The molecule has 0 unspecified atom stereocenters. The summed E-state index contributed by atoms with van der Waals surface area (Å²) in [5.74, 6) is -0.502. The first-order valence-corrected chi connectivity index (χ1v) is 12.0. The normalized spacial score (nSPS) is 20.4. The lowest BCUT2D eigenvalue weighted by molar-refractivity contribution is -0.140. The number of pyridine rings is 1. The summed E-state index contributed by atoms with van der Waals surface area (Å²) in [5, 5.41) is 11.1. The van der Waals surface area contributed by atoms with E-state index in [0.717, 1.165) is 18.9 Å². The number of fused-ring (bicyclic) bond motifs is 1. The molecule has 2 aromatic heterocycles. The molecule has 2 N–H and O–H groups in total. The molecule has 2 aliphatic rings. The van der Waals surface area contributed by atoms with E-state index in [1.165, 1.54) is 25.3 Å². The van der Waals surface area contributed by atoms with Crippen LogP contribution in [-0.2, 0) is 11.0 Å². The van der Waals surface area contributed by atoms with E-state index < -0.39 is 24.0 Å². The monoisotopic (exact) mass is 520 g/mol. The molecule has 3 heterocycles. The molecule has 2 fully saturated rings. The molecule has 0 bridgehead atoms. The SMILES string of the molecule is CC(=O)N1C[C@@H](NC(=O)c2cnn(C3CC3)c2)C[C@@H](Nc2cc(C(F)(F)F)nc3ccc(Cl)cc23)C1. The van der Waals surface area contributed by atoms with E-state index in [1.54, 1.807) is 21.8 Å². The number of carbonyl (C=O) groups is 2. The highest BCUT2D eigenvalue weighted by molar-refractivity contribution is 6.31. The van der Waals surface area contributed by atoms with Gasteiger partial charge in [0.15, 0.2) is 0 Å². The van der Waals surface area contributed by atoms with E-state index in [0.29, 0.717) is 35.0 Å². The van der Waals surface area contributed by atoms with Gasteiger partial charge in [0.05, 0.1) is 23.3 Å². The average molecular weight is 521 g/mol. The minimum Gasteiger partial charge on any atom is -0.380 e. The number of hydrogen-bond donors (Lipinski definition) is 2. The van der Waals surface area contributed by atoms with Crippen molar-refractivity contribution in [2.75, 3.05) is 18.4 Å². The molecule has 5 rings (SSSR count). The fraction of sp³-hybridized carbons (Fsp3) is 0.417. The number of carbonyl (C=O) groups excluding carboxylic acids is 2. The van der Waals surface area contributed by atoms with Crippen LogP contribution in [0.1, 0.15) is 48.3 Å². The third kappa shape index (κ3) is 5.25. The van der Waals surface area contributed by atoms with E-state index in [1.807, 2.05) is 0 Å². The predicted octanol–water partition coefficient (Wildman–Crippen LogP) is 4.27. The van der Waals surface area contributed by atoms with Crippen LogP contribution in [0.2, 0.25) is 5.02 Å². The summed E-state index contributed by atoms with van der Waals surface area (Å²) in [6.07, 6.45) is 1.07. The number of aromatic nitrogens is 3. The lowest BCUT2D eigenvalue weighted by Gasteiger charge is -2.38. The van der Waals surface area contributed by atoms with Crippen molar-refractivity contribution in [1.82, 2.24) is 25.0 Å². The number of halogens is 4. The van der Waals surface area contributed by atoms with Gasteiger partial charge in [0.1, 0.15) is 5.69 Å². The highest BCUT2D eigenvalue weighted by atomic mass is 35.5. The molecule has 36 heavy (non-hydrogen) atoms. The van der Waals surface area contributed by atoms with Gasteiger partial charge < -0.3 is 15.5 Å². The molecule has 8 nitrogen and oxygen atoms in total. The Labute approximate surface area is 209 Å². The maximum Gasteiger partial charge on any atom is 0.433 e. The third-order valence-electron chi connectivity index (χ3n) is 6.44. The van der Waals surface area contributed by atoms with Crippen molar-refractivity contribution < 1.29 is 22.8 Å². The number of likely N-dealkylation sites (tertiary alicyclic amines) is 1. The van der Waals surface area contributed by atoms with E-state index in [2.05, 4.69) is 20.7 Å². The van der Waals surface area contributed by atoms with Crippen molar-refractivity contribution in [3.63, 3.8) is 0 Å². The molecule has 1 saturated carbocycles. The number of benzene rings is 1. The van der Waals surface area contributed by atoms with Crippen LogP contribution in [0.15, 0.2) is 36.7 Å². The number of rotatable bonds is 5. The summed E-state index contributed by atoms with van der Waals surface area (Å²) < 4.78 is 42.3. The topological polar surface area (TPSA) is 92.2 Å². The van der Waals surface area contributed by atoms with Gasteiger partial charge in [-0.15, -0.1) is 0 Å². The van der Waals surface area contributed by atoms with Crippen LogP contribution in [0.4, 0.5) is 18.9 Å². The van der Waals surface area contributed by atoms with Gasteiger partial charge in [0.25, 0.3) is 5.91 Å². The van der Waals surface area contributed by atoms with Crippen LogP contribution in [-0.4, -0.2) is 56.7 Å². The molecular weight excluding hydrogens is 497 g/mol. The standard InChI is InChI=1S/C24H24ClF3N6O2/c1-13(35)33-11-16(7-17(12-33)31-23(36)14-9-29-34(10-14)18-3-4-18)30-21-8-22(24(26,27)28)32-20-5-2-15(25)6-19(20)21/h2,5-6,8-10,16-18H,3-4,7,11-12H2,1H3,(H,30,32)(H,31,36)/t16-,17+/m1/s1. The number of nitrogens with one attached hydrogen (secondary N) is 2. The molecule has 0 radical (unpaired) electrons. The Morgan fingerprint density at radius 3 is 2.58 bits per heavy atom. The highest BCUT2D eigenvalue weighted by Crippen LogP contribution is 2.35. The smallest absolute Gasteiger partial charge is 0.380 e. The van der Waals surface area contributed by atoms with E-state index in [4.69, 9.17) is 11.6 Å². The summed E-state index contributed by atoms with van der Waals surface area (Å²) in [6.45, 7) is 1.99. The number of anilines is 1. The van der Waals surface area contributed by atoms with Crippen molar-refractivity contribution in [2.45, 2.75) is 50.5 Å². The zero-order chi connectivity index (χ0) is 25.6. The lowest BCUT2D eigenvalue weighted by atomic mass is 9.99. The van der Waals surface area contributed by atoms with Crippen LogP contribution < -0.4 is 10.6 Å². The molecule has 2 atom stereocenters. The van der Waals surface area contributed by atoms with Gasteiger partial charge in [-0.1, -0.05) is 11.6 Å². The van der Waals surface area contributed by atoms with Crippen molar-refractivity contribution >= 4 is 40.0 Å². The van der Waals surface area contributed by atoms with Crippen LogP contribution in [0.25, 0.3) is 10.9 Å². The van der Waals surface area contributed by atoms with E-state index in [-0.39, 0.29) is 29.6 Å². The minimum atomic E-state index is -4.64. The third-order valence-corrected chi connectivity index (χ3v) is 6.67. The van der Waals surface area contributed by atoms with E-state index >= 15 is 0 Å².